The van der Waals surface area contributed by atoms with Crippen LogP contribution in [0.4, 0.5) is 8.78 Å². The predicted molar refractivity (Wildman–Crippen MR) is 101 cm³/mol. The van der Waals surface area contributed by atoms with Crippen LogP contribution in [0.3, 0.4) is 0 Å². The molecule has 3 heterocycles. The molecule has 1 amide bonds. The third-order valence-corrected chi connectivity index (χ3v) is 5.23. The normalized spacial score (nSPS) is 17.2. The van der Waals surface area contributed by atoms with Crippen LogP contribution in [-0.4, -0.2) is 31.5 Å². The molecule has 4 rings (SSSR count). The van der Waals surface area contributed by atoms with Crippen molar-refractivity contribution in [1.29, 1.82) is 0 Å². The highest BCUT2D eigenvalue weighted by molar-refractivity contribution is 6.29. The highest BCUT2D eigenvalue weighted by Crippen LogP contribution is 2.45. The van der Waals surface area contributed by atoms with Gasteiger partial charge in [0, 0.05) is 29.4 Å². The Hall–Kier alpha value is -3.14. The summed E-state index contributed by atoms with van der Waals surface area (Å²) in [7, 11) is 0. The summed E-state index contributed by atoms with van der Waals surface area (Å²) in [6.45, 7) is 3.89. The van der Waals surface area contributed by atoms with Crippen LogP contribution in [-0.2, 0) is 15.0 Å². The molecule has 1 atom stereocenters. The first kappa shape index (κ1) is 20.1. The van der Waals surface area contributed by atoms with Crippen LogP contribution in [0.1, 0.15) is 59.9 Å². The van der Waals surface area contributed by atoms with Crippen LogP contribution in [0.5, 0.6) is 0 Å². The van der Waals surface area contributed by atoms with Crippen molar-refractivity contribution in [2.45, 2.75) is 38.0 Å². The van der Waals surface area contributed by atoms with Gasteiger partial charge in [0.2, 0.25) is 0 Å². The van der Waals surface area contributed by atoms with Crippen molar-refractivity contribution in [3.05, 3.63) is 58.3 Å². The molecule has 0 aromatic carbocycles. The molecule has 0 spiro atoms. The average Bonchev–Trinajstić information content (AvgIpc) is 3.21. The largest absolute Gasteiger partial charge is 0.381 e. The molecule has 1 aliphatic carbocycles. The summed E-state index contributed by atoms with van der Waals surface area (Å²) in [4.78, 5) is 37.6. The van der Waals surface area contributed by atoms with Gasteiger partial charge < -0.3 is 4.84 Å². The van der Waals surface area contributed by atoms with Crippen LogP contribution >= 0.6 is 11.6 Å². The van der Waals surface area contributed by atoms with Crippen molar-refractivity contribution in [3.8, 4) is 0 Å². The molecule has 11 heteroatoms. The number of carbonyl (C=O) groups is 2. The average molecular weight is 436 g/mol. The van der Waals surface area contributed by atoms with Gasteiger partial charge in [-0.2, -0.15) is 10.6 Å². The summed E-state index contributed by atoms with van der Waals surface area (Å²) in [5, 5.41) is 4.51. The fourth-order valence-corrected chi connectivity index (χ4v) is 3.96. The molecule has 1 N–H and O–H groups in total. The number of rotatable bonds is 3. The van der Waals surface area contributed by atoms with E-state index in [1.54, 1.807) is 16.8 Å². The number of pyridine rings is 1. The van der Waals surface area contributed by atoms with E-state index in [2.05, 4.69) is 20.5 Å². The summed E-state index contributed by atoms with van der Waals surface area (Å²) in [6, 6.07) is 3.96. The molecule has 0 saturated carbocycles. The van der Waals surface area contributed by atoms with E-state index in [0.29, 0.717) is 17.6 Å². The van der Waals surface area contributed by atoms with Gasteiger partial charge in [0.1, 0.15) is 0 Å². The maximum atomic E-state index is 13.1. The molecule has 3 aromatic heterocycles. The fraction of sp³-hybridized carbons (Fsp3) is 0.316. The standard InChI is InChI=1S/C19H16ClF2N5O3/c1-19(2)7-10(11-8-24-13-6-12(20)25-27(13)15(11)19)17(28)26-30-18(29)14-9(16(21)22)4-3-5-23-14/h3-6,8,10,16H,7H2,1-2H3,(H,26,28). The van der Waals surface area contributed by atoms with Gasteiger partial charge >= 0.3 is 5.97 Å². The fourth-order valence-electron chi connectivity index (χ4n) is 3.78. The van der Waals surface area contributed by atoms with Gasteiger partial charge in [-0.25, -0.2) is 28.1 Å². The molecule has 0 bridgehead atoms. The van der Waals surface area contributed by atoms with Crippen molar-refractivity contribution in [2.24, 2.45) is 0 Å². The first-order valence-electron chi connectivity index (χ1n) is 8.98. The van der Waals surface area contributed by atoms with Crippen LogP contribution in [0, 0.1) is 0 Å². The number of carbonyl (C=O) groups excluding carboxylic acids is 2. The zero-order chi connectivity index (χ0) is 21.6. The van der Waals surface area contributed by atoms with E-state index in [0.717, 1.165) is 11.8 Å². The minimum absolute atomic E-state index is 0.277. The highest BCUT2D eigenvalue weighted by Gasteiger charge is 2.43. The summed E-state index contributed by atoms with van der Waals surface area (Å²) in [6.07, 6.45) is 0.243. The molecule has 0 radical (unpaired) electrons. The maximum Gasteiger partial charge on any atom is 0.381 e. The van der Waals surface area contributed by atoms with E-state index < -0.39 is 40.9 Å². The second kappa shape index (κ2) is 7.28. The number of halogens is 3. The molecule has 8 nitrogen and oxygen atoms in total. The number of aromatic nitrogens is 4. The Labute approximate surface area is 174 Å². The number of fused-ring (bicyclic) bond motifs is 3. The van der Waals surface area contributed by atoms with E-state index in [9.17, 15) is 18.4 Å². The summed E-state index contributed by atoms with van der Waals surface area (Å²) in [5.74, 6) is -2.46. The Bertz CT molecular complexity index is 1160. The van der Waals surface area contributed by atoms with Gasteiger partial charge in [0.05, 0.1) is 17.2 Å². The number of amides is 1. The maximum absolute atomic E-state index is 13.1. The number of hydrogen-bond donors (Lipinski definition) is 1. The molecule has 156 valence electrons. The first-order valence-corrected chi connectivity index (χ1v) is 9.35. The van der Waals surface area contributed by atoms with Crippen LogP contribution in [0.2, 0.25) is 5.15 Å². The third kappa shape index (κ3) is 3.36. The van der Waals surface area contributed by atoms with Crippen LogP contribution < -0.4 is 5.48 Å². The van der Waals surface area contributed by atoms with Gasteiger partial charge in [-0.05, 0) is 18.6 Å². The minimum Gasteiger partial charge on any atom is -0.334 e. The number of alkyl halides is 2. The Morgan fingerprint density at radius 1 is 1.37 bits per heavy atom. The topological polar surface area (TPSA) is 98.5 Å². The highest BCUT2D eigenvalue weighted by atomic mass is 35.5. The molecular weight excluding hydrogens is 420 g/mol. The van der Waals surface area contributed by atoms with E-state index >= 15 is 0 Å². The van der Waals surface area contributed by atoms with Crippen molar-refractivity contribution >= 4 is 29.1 Å². The van der Waals surface area contributed by atoms with E-state index in [4.69, 9.17) is 16.4 Å². The molecule has 0 saturated heterocycles. The lowest BCUT2D eigenvalue weighted by molar-refractivity contribution is -0.131. The Morgan fingerprint density at radius 2 is 2.13 bits per heavy atom. The lowest BCUT2D eigenvalue weighted by Crippen LogP contribution is -2.32. The van der Waals surface area contributed by atoms with Gasteiger partial charge in [-0.1, -0.05) is 25.4 Å². The van der Waals surface area contributed by atoms with Gasteiger partial charge in [0.15, 0.2) is 16.5 Å². The minimum atomic E-state index is -2.91. The number of hydroxylamine groups is 1. The molecular formula is C19H16ClF2N5O3. The Balaban J connectivity index is 1.56. The summed E-state index contributed by atoms with van der Waals surface area (Å²) < 4.78 is 27.7. The third-order valence-electron chi connectivity index (χ3n) is 5.04. The number of nitrogens with zero attached hydrogens (tertiary/aromatic N) is 4. The quantitative estimate of drug-likeness (QED) is 0.633. The van der Waals surface area contributed by atoms with E-state index in [-0.39, 0.29) is 5.15 Å². The summed E-state index contributed by atoms with van der Waals surface area (Å²) in [5.41, 5.74) is 2.42. The van der Waals surface area contributed by atoms with Gasteiger partial charge in [-0.3, -0.25) is 4.79 Å². The smallest absolute Gasteiger partial charge is 0.334 e. The van der Waals surface area contributed by atoms with E-state index in [1.165, 1.54) is 12.3 Å². The number of nitrogens with one attached hydrogen (secondary N) is 1. The van der Waals surface area contributed by atoms with Crippen molar-refractivity contribution in [1.82, 2.24) is 25.1 Å². The molecule has 0 aliphatic heterocycles. The monoisotopic (exact) mass is 435 g/mol. The van der Waals surface area contributed by atoms with Crippen LogP contribution in [0.25, 0.3) is 5.65 Å². The Kier molecular flexibility index (Phi) is 4.89. The lowest BCUT2D eigenvalue weighted by Gasteiger charge is -2.19. The molecule has 1 unspecified atom stereocenters. The first-order chi connectivity index (χ1) is 14.2. The van der Waals surface area contributed by atoms with Crippen molar-refractivity contribution in [3.63, 3.8) is 0 Å². The molecule has 0 fully saturated rings. The van der Waals surface area contributed by atoms with E-state index in [1.807, 2.05) is 13.8 Å². The van der Waals surface area contributed by atoms with Crippen molar-refractivity contribution < 1.29 is 23.2 Å². The second-order valence-corrected chi connectivity index (χ2v) is 7.92. The molecule has 3 aromatic rings. The zero-order valence-electron chi connectivity index (χ0n) is 15.9. The molecule has 30 heavy (non-hydrogen) atoms. The lowest BCUT2D eigenvalue weighted by atomic mass is 9.89. The second-order valence-electron chi connectivity index (χ2n) is 7.54. The summed E-state index contributed by atoms with van der Waals surface area (Å²) >= 11 is 5.99. The Morgan fingerprint density at radius 3 is 2.87 bits per heavy atom. The molecule has 1 aliphatic rings. The van der Waals surface area contributed by atoms with Crippen molar-refractivity contribution in [2.75, 3.05) is 0 Å². The van der Waals surface area contributed by atoms with Gasteiger partial charge in [-0.15, -0.1) is 0 Å². The zero-order valence-corrected chi connectivity index (χ0v) is 16.7. The number of hydrogen-bond acceptors (Lipinski definition) is 6. The predicted octanol–water partition coefficient (Wildman–Crippen LogP) is 3.37. The van der Waals surface area contributed by atoms with Crippen LogP contribution in [0.15, 0.2) is 30.6 Å². The SMILES string of the molecule is CC1(C)CC(C(=O)NOC(=O)c2ncccc2C(F)F)c2cnc3cc(Cl)nn3c21. The van der Waals surface area contributed by atoms with Gasteiger partial charge in [0.25, 0.3) is 12.3 Å².